The van der Waals surface area contributed by atoms with Gasteiger partial charge in [-0.3, -0.25) is 9.67 Å². The Labute approximate surface area is 101 Å². The number of nitrogen functional groups attached to an aromatic ring is 1. The van der Waals surface area contributed by atoms with E-state index in [0.29, 0.717) is 5.69 Å². The molecule has 17 heavy (non-hydrogen) atoms. The summed E-state index contributed by atoms with van der Waals surface area (Å²) in [5, 5.41) is 4.32. The molecule has 0 saturated carbocycles. The van der Waals surface area contributed by atoms with Gasteiger partial charge in [0.05, 0.1) is 5.69 Å². The zero-order chi connectivity index (χ0) is 12.3. The Morgan fingerprint density at radius 1 is 1.41 bits per heavy atom. The lowest BCUT2D eigenvalue weighted by Crippen LogP contribution is -2.22. The minimum Gasteiger partial charge on any atom is -0.394 e. The third-order valence-electron chi connectivity index (χ3n) is 2.63. The maximum Gasteiger partial charge on any atom is 0.173 e. The number of hydrogen-bond donors (Lipinski definition) is 1. The number of aryl methyl sites for hydroxylation is 1. The lowest BCUT2D eigenvalue weighted by atomic mass is 10.2. The Morgan fingerprint density at radius 3 is 2.82 bits per heavy atom. The number of aromatic nitrogens is 3. The van der Waals surface area contributed by atoms with E-state index in [9.17, 15) is 0 Å². The van der Waals surface area contributed by atoms with Gasteiger partial charge in [0, 0.05) is 45.1 Å². The lowest BCUT2D eigenvalue weighted by Gasteiger charge is -2.16. The van der Waals surface area contributed by atoms with E-state index in [4.69, 9.17) is 5.73 Å². The van der Waals surface area contributed by atoms with Crippen molar-refractivity contribution in [2.45, 2.75) is 6.42 Å². The fourth-order valence-electron chi connectivity index (χ4n) is 1.73. The second-order valence-corrected chi connectivity index (χ2v) is 4.07. The second kappa shape index (κ2) is 4.86. The zero-order valence-electron chi connectivity index (χ0n) is 10.2. The van der Waals surface area contributed by atoms with Crippen molar-refractivity contribution >= 4 is 11.5 Å². The summed E-state index contributed by atoms with van der Waals surface area (Å²) in [6.45, 7) is 0.845. The van der Waals surface area contributed by atoms with Gasteiger partial charge >= 0.3 is 0 Å². The van der Waals surface area contributed by atoms with Crippen molar-refractivity contribution in [2.75, 3.05) is 24.2 Å². The molecule has 0 spiro atoms. The second-order valence-electron chi connectivity index (χ2n) is 4.07. The van der Waals surface area contributed by atoms with Crippen LogP contribution in [0.4, 0.5) is 11.5 Å². The number of pyridine rings is 1. The molecule has 0 unspecified atom stereocenters. The van der Waals surface area contributed by atoms with Gasteiger partial charge in [0.25, 0.3) is 0 Å². The van der Waals surface area contributed by atoms with E-state index in [1.807, 2.05) is 49.6 Å². The third kappa shape index (κ3) is 2.75. The molecule has 5 heteroatoms. The molecule has 0 radical (unpaired) electrons. The highest BCUT2D eigenvalue weighted by Crippen LogP contribution is 2.18. The van der Waals surface area contributed by atoms with Crippen LogP contribution >= 0.6 is 0 Å². The molecule has 0 fully saturated rings. The molecule has 2 heterocycles. The predicted molar refractivity (Wildman–Crippen MR) is 68.8 cm³/mol. The summed E-state index contributed by atoms with van der Waals surface area (Å²) in [6.07, 6.45) is 4.50. The van der Waals surface area contributed by atoms with Gasteiger partial charge in [-0.05, 0) is 12.1 Å². The van der Waals surface area contributed by atoms with E-state index < -0.39 is 0 Å². The number of nitrogens with two attached hydrogens (primary N) is 1. The van der Waals surface area contributed by atoms with Crippen LogP contribution in [-0.4, -0.2) is 28.4 Å². The third-order valence-corrected chi connectivity index (χ3v) is 2.63. The van der Waals surface area contributed by atoms with Gasteiger partial charge in [-0.25, -0.2) is 0 Å². The lowest BCUT2D eigenvalue weighted by molar-refractivity contribution is 0.747. The molecule has 0 amide bonds. The Balaban J connectivity index is 1.98. The van der Waals surface area contributed by atoms with Gasteiger partial charge in [-0.15, -0.1) is 0 Å². The molecule has 0 atom stereocenters. The maximum absolute atomic E-state index is 5.87. The number of hydrogen-bond acceptors (Lipinski definition) is 4. The smallest absolute Gasteiger partial charge is 0.173 e. The van der Waals surface area contributed by atoms with Gasteiger partial charge in [0.1, 0.15) is 0 Å². The summed E-state index contributed by atoms with van der Waals surface area (Å²) in [7, 11) is 3.86. The summed E-state index contributed by atoms with van der Waals surface area (Å²) >= 11 is 0. The molecule has 2 N–H and O–H groups in total. The molecular weight excluding hydrogens is 214 g/mol. The van der Waals surface area contributed by atoms with E-state index in [-0.39, 0.29) is 0 Å². The van der Waals surface area contributed by atoms with Crippen molar-refractivity contribution in [3.05, 3.63) is 36.3 Å². The maximum atomic E-state index is 5.87. The minimum absolute atomic E-state index is 0.705. The van der Waals surface area contributed by atoms with E-state index in [2.05, 4.69) is 10.1 Å². The van der Waals surface area contributed by atoms with Crippen LogP contribution < -0.4 is 10.6 Å². The largest absolute Gasteiger partial charge is 0.394 e. The average molecular weight is 231 g/mol. The standard InChI is InChI=1S/C12H17N5/c1-16(12-11(13)9-17(2)15-12)8-6-10-5-3-4-7-14-10/h3-5,7,9H,6,8,13H2,1-2H3. The van der Waals surface area contributed by atoms with Gasteiger partial charge in [0.15, 0.2) is 5.82 Å². The Morgan fingerprint density at radius 2 is 2.24 bits per heavy atom. The topological polar surface area (TPSA) is 60.0 Å². The molecule has 0 saturated heterocycles. The van der Waals surface area contributed by atoms with Crippen molar-refractivity contribution in [1.82, 2.24) is 14.8 Å². The van der Waals surface area contributed by atoms with Crippen LogP contribution in [0.2, 0.25) is 0 Å². The first kappa shape index (κ1) is 11.4. The number of rotatable bonds is 4. The zero-order valence-corrected chi connectivity index (χ0v) is 10.2. The van der Waals surface area contributed by atoms with Gasteiger partial charge in [-0.1, -0.05) is 6.07 Å². The molecular formula is C12H17N5. The molecule has 90 valence electrons. The highest BCUT2D eigenvalue weighted by Gasteiger charge is 2.09. The van der Waals surface area contributed by atoms with Crippen LogP contribution in [0.5, 0.6) is 0 Å². The first-order chi connectivity index (χ1) is 8.16. The van der Waals surface area contributed by atoms with Crippen LogP contribution in [0, 0.1) is 0 Å². The summed E-state index contributed by atoms with van der Waals surface area (Å²) < 4.78 is 1.72. The van der Waals surface area contributed by atoms with E-state index in [1.165, 1.54) is 0 Å². The summed E-state index contributed by atoms with van der Waals surface area (Å²) in [5.74, 6) is 0.823. The highest BCUT2D eigenvalue weighted by atomic mass is 15.3. The molecule has 0 aliphatic rings. The molecule has 5 nitrogen and oxygen atoms in total. The SMILES string of the molecule is CN(CCc1ccccn1)c1nn(C)cc1N. The van der Waals surface area contributed by atoms with E-state index in [0.717, 1.165) is 24.5 Å². The van der Waals surface area contributed by atoms with Crippen molar-refractivity contribution in [3.8, 4) is 0 Å². The van der Waals surface area contributed by atoms with Gasteiger partial charge < -0.3 is 10.6 Å². The molecule has 0 bridgehead atoms. The van der Waals surface area contributed by atoms with E-state index in [1.54, 1.807) is 4.68 Å². The number of likely N-dealkylation sites (N-methyl/N-ethyl adjacent to an activating group) is 1. The molecule has 2 aromatic heterocycles. The summed E-state index contributed by atoms with van der Waals surface area (Å²) in [6, 6.07) is 5.94. The monoisotopic (exact) mass is 231 g/mol. The van der Waals surface area contributed by atoms with Gasteiger partial charge in [-0.2, -0.15) is 5.10 Å². The van der Waals surface area contributed by atoms with Crippen LogP contribution in [0.15, 0.2) is 30.6 Å². The fourth-order valence-corrected chi connectivity index (χ4v) is 1.73. The Kier molecular flexibility index (Phi) is 3.27. The van der Waals surface area contributed by atoms with Crippen molar-refractivity contribution in [3.63, 3.8) is 0 Å². The summed E-state index contributed by atoms with van der Waals surface area (Å²) in [4.78, 5) is 6.33. The quantitative estimate of drug-likeness (QED) is 0.855. The van der Waals surface area contributed by atoms with Crippen molar-refractivity contribution in [2.24, 2.45) is 7.05 Å². The highest BCUT2D eigenvalue weighted by molar-refractivity contribution is 5.61. The van der Waals surface area contributed by atoms with Gasteiger partial charge in [0.2, 0.25) is 0 Å². The first-order valence-electron chi connectivity index (χ1n) is 5.57. The summed E-state index contributed by atoms with van der Waals surface area (Å²) in [5.41, 5.74) is 7.65. The number of nitrogens with zero attached hydrogens (tertiary/aromatic N) is 4. The fraction of sp³-hybridized carbons (Fsp3) is 0.333. The Bertz CT molecular complexity index is 477. The molecule has 0 aliphatic heterocycles. The normalized spacial score (nSPS) is 10.5. The average Bonchev–Trinajstić information content (AvgIpc) is 2.67. The molecule has 2 aromatic rings. The first-order valence-corrected chi connectivity index (χ1v) is 5.57. The van der Waals surface area contributed by atoms with Crippen LogP contribution in [0.25, 0.3) is 0 Å². The number of anilines is 2. The molecule has 0 aliphatic carbocycles. The predicted octanol–water partition coefficient (Wildman–Crippen LogP) is 1.08. The minimum atomic E-state index is 0.705. The molecule has 2 rings (SSSR count). The van der Waals surface area contributed by atoms with Crippen LogP contribution in [-0.2, 0) is 13.5 Å². The van der Waals surface area contributed by atoms with Crippen molar-refractivity contribution < 1.29 is 0 Å². The van der Waals surface area contributed by atoms with Crippen molar-refractivity contribution in [1.29, 1.82) is 0 Å². The van der Waals surface area contributed by atoms with E-state index >= 15 is 0 Å². The van der Waals surface area contributed by atoms with Crippen LogP contribution in [0.3, 0.4) is 0 Å². The Hall–Kier alpha value is -2.04. The molecule has 0 aromatic carbocycles. The van der Waals surface area contributed by atoms with Crippen LogP contribution in [0.1, 0.15) is 5.69 Å².